The number of aromatic nitrogens is 3. The molecule has 32 heavy (non-hydrogen) atoms. The zero-order valence-electron chi connectivity index (χ0n) is 18.6. The lowest BCUT2D eigenvalue weighted by Crippen LogP contribution is -2.27. The molecule has 3 aromatic carbocycles. The summed E-state index contributed by atoms with van der Waals surface area (Å²) in [7, 11) is 2.00. The normalized spacial score (nSPS) is 17.0. The largest absolute Gasteiger partial charge is 0.357 e. The van der Waals surface area contributed by atoms with Gasteiger partial charge in [-0.05, 0) is 66.6 Å². The Kier molecular flexibility index (Phi) is 4.62. The first kappa shape index (κ1) is 19.3. The van der Waals surface area contributed by atoms with Gasteiger partial charge in [-0.15, -0.1) is 0 Å². The molecule has 4 heteroatoms. The molecule has 6 rings (SSSR count). The molecule has 0 saturated carbocycles. The minimum absolute atomic E-state index is 0.319. The molecule has 0 radical (unpaired) electrons. The first-order valence-electron chi connectivity index (χ1n) is 11.5. The van der Waals surface area contributed by atoms with Crippen molar-refractivity contribution in [3.8, 4) is 11.1 Å². The van der Waals surface area contributed by atoms with Crippen LogP contribution in [-0.4, -0.2) is 14.8 Å². The lowest BCUT2D eigenvalue weighted by Gasteiger charge is -2.27. The molecule has 2 atom stereocenters. The summed E-state index contributed by atoms with van der Waals surface area (Å²) in [6, 6.07) is 24.9. The van der Waals surface area contributed by atoms with Gasteiger partial charge in [0, 0.05) is 41.1 Å². The number of rotatable bonds is 4. The van der Waals surface area contributed by atoms with Gasteiger partial charge in [0.15, 0.2) is 0 Å². The number of nitrogens with one attached hydrogen (secondary N) is 2. The number of benzene rings is 3. The minimum Gasteiger partial charge on any atom is -0.357 e. The second-order valence-corrected chi connectivity index (χ2v) is 9.06. The van der Waals surface area contributed by atoms with E-state index in [1.54, 1.807) is 0 Å². The molecule has 2 N–H and O–H groups in total. The van der Waals surface area contributed by atoms with Gasteiger partial charge in [0.25, 0.3) is 0 Å². The highest BCUT2D eigenvalue weighted by atomic mass is 15.2. The van der Waals surface area contributed by atoms with Crippen LogP contribution in [0.3, 0.4) is 0 Å². The van der Waals surface area contributed by atoms with E-state index < -0.39 is 0 Å². The Balaban J connectivity index is 1.36. The van der Waals surface area contributed by atoms with E-state index in [9.17, 15) is 0 Å². The van der Waals surface area contributed by atoms with Gasteiger partial charge in [-0.2, -0.15) is 5.10 Å². The zero-order chi connectivity index (χ0) is 21.7. The number of nitrogens with zero attached hydrogens (tertiary/aromatic N) is 2. The van der Waals surface area contributed by atoms with Crippen LogP contribution in [0.4, 0.5) is 0 Å². The summed E-state index contributed by atoms with van der Waals surface area (Å²) in [5.41, 5.74) is 9.08. The van der Waals surface area contributed by atoms with Crippen molar-refractivity contribution in [2.45, 2.75) is 38.3 Å². The van der Waals surface area contributed by atoms with E-state index in [1.165, 1.54) is 57.1 Å². The van der Waals surface area contributed by atoms with Gasteiger partial charge in [-0.25, -0.2) is 0 Å². The second kappa shape index (κ2) is 7.64. The summed E-state index contributed by atoms with van der Waals surface area (Å²) >= 11 is 0. The van der Waals surface area contributed by atoms with E-state index in [1.807, 2.05) is 17.9 Å². The molecule has 5 aromatic rings. The van der Waals surface area contributed by atoms with E-state index in [2.05, 4.69) is 89.1 Å². The average Bonchev–Trinajstić information content (AvgIpc) is 3.40. The highest BCUT2D eigenvalue weighted by molar-refractivity contribution is 5.91. The van der Waals surface area contributed by atoms with E-state index in [4.69, 9.17) is 0 Å². The molecule has 1 aliphatic carbocycles. The van der Waals surface area contributed by atoms with Crippen molar-refractivity contribution in [3.63, 3.8) is 0 Å². The lowest BCUT2D eigenvalue weighted by atomic mass is 9.90. The summed E-state index contributed by atoms with van der Waals surface area (Å²) in [5, 5.41) is 10.8. The molecule has 2 aromatic heterocycles. The standard InChI is InChI=1S/C28H28N4/c1-18(19-7-4-3-5-8-19)30-26-10-6-9-23-24-15-20(13-14-25(24)31-28(23)26)21-11-12-22-17-29-32(2)27(22)16-21/h3-5,7-8,11-18,26,30-31H,6,9-10H2,1-2H3. The maximum Gasteiger partial charge on any atom is 0.0685 e. The molecule has 2 heterocycles. The minimum atomic E-state index is 0.319. The molecule has 160 valence electrons. The van der Waals surface area contributed by atoms with Crippen molar-refractivity contribution < 1.29 is 0 Å². The van der Waals surface area contributed by atoms with Crippen LogP contribution >= 0.6 is 0 Å². The summed E-state index contributed by atoms with van der Waals surface area (Å²) < 4.78 is 1.94. The Morgan fingerprint density at radius 1 is 1.03 bits per heavy atom. The summed E-state index contributed by atoms with van der Waals surface area (Å²) in [6.45, 7) is 2.26. The van der Waals surface area contributed by atoms with Crippen LogP contribution in [0.5, 0.6) is 0 Å². The van der Waals surface area contributed by atoms with Gasteiger partial charge in [-0.1, -0.05) is 48.5 Å². The van der Waals surface area contributed by atoms with Crippen LogP contribution in [0.1, 0.15) is 48.7 Å². The SMILES string of the molecule is CC(NC1CCCc2c1[nH]c1ccc(-c3ccc4cnn(C)c4c3)cc21)c1ccccc1. The molecule has 4 nitrogen and oxygen atoms in total. The van der Waals surface area contributed by atoms with Crippen LogP contribution in [0, 0.1) is 0 Å². The first-order chi connectivity index (χ1) is 15.7. The van der Waals surface area contributed by atoms with Crippen LogP contribution in [-0.2, 0) is 13.5 Å². The van der Waals surface area contributed by atoms with Gasteiger partial charge in [0.1, 0.15) is 0 Å². The molecule has 0 amide bonds. The van der Waals surface area contributed by atoms with Crippen molar-refractivity contribution >= 4 is 21.8 Å². The third-order valence-electron chi connectivity index (χ3n) is 7.04. The predicted molar refractivity (Wildman–Crippen MR) is 132 cm³/mol. The third kappa shape index (κ3) is 3.23. The van der Waals surface area contributed by atoms with Gasteiger partial charge in [-0.3, -0.25) is 4.68 Å². The van der Waals surface area contributed by atoms with E-state index in [-0.39, 0.29) is 0 Å². The van der Waals surface area contributed by atoms with E-state index in [0.717, 1.165) is 11.9 Å². The summed E-state index contributed by atoms with van der Waals surface area (Å²) in [4.78, 5) is 3.76. The van der Waals surface area contributed by atoms with Crippen molar-refractivity contribution in [2.24, 2.45) is 7.05 Å². The Morgan fingerprint density at radius 3 is 2.72 bits per heavy atom. The van der Waals surface area contributed by atoms with Gasteiger partial charge < -0.3 is 10.3 Å². The molecule has 0 spiro atoms. The maximum atomic E-state index is 4.39. The molecule has 1 aliphatic rings. The van der Waals surface area contributed by atoms with Crippen LogP contribution in [0.25, 0.3) is 32.9 Å². The Hall–Kier alpha value is -3.37. The Bertz CT molecular complexity index is 1410. The lowest BCUT2D eigenvalue weighted by molar-refractivity contribution is 0.410. The predicted octanol–water partition coefficient (Wildman–Crippen LogP) is 6.45. The monoisotopic (exact) mass is 420 g/mol. The number of hydrogen-bond donors (Lipinski definition) is 2. The Labute approximate surface area is 188 Å². The second-order valence-electron chi connectivity index (χ2n) is 9.06. The van der Waals surface area contributed by atoms with Crippen molar-refractivity contribution in [1.82, 2.24) is 20.1 Å². The van der Waals surface area contributed by atoms with Gasteiger partial charge in [0.2, 0.25) is 0 Å². The van der Waals surface area contributed by atoms with Crippen LogP contribution in [0.15, 0.2) is 72.9 Å². The molecular weight excluding hydrogens is 392 g/mol. The molecule has 0 aliphatic heterocycles. The van der Waals surface area contributed by atoms with Gasteiger partial charge >= 0.3 is 0 Å². The molecule has 0 saturated heterocycles. The number of aryl methyl sites for hydroxylation is 2. The fourth-order valence-electron chi connectivity index (χ4n) is 5.27. The number of fused-ring (bicyclic) bond motifs is 4. The molecular formula is C28H28N4. The zero-order valence-corrected chi connectivity index (χ0v) is 18.6. The quantitative estimate of drug-likeness (QED) is 0.351. The molecule has 2 unspecified atom stereocenters. The fourth-order valence-corrected chi connectivity index (χ4v) is 5.27. The average molecular weight is 421 g/mol. The third-order valence-corrected chi connectivity index (χ3v) is 7.04. The fraction of sp³-hybridized carbons (Fsp3) is 0.250. The number of aromatic amines is 1. The van der Waals surface area contributed by atoms with Crippen LogP contribution < -0.4 is 5.32 Å². The first-order valence-corrected chi connectivity index (χ1v) is 11.5. The summed E-state index contributed by atoms with van der Waals surface area (Å²) in [5.74, 6) is 0. The summed E-state index contributed by atoms with van der Waals surface area (Å²) in [6.07, 6.45) is 5.44. The smallest absolute Gasteiger partial charge is 0.0685 e. The topological polar surface area (TPSA) is 45.6 Å². The number of hydrogen-bond acceptors (Lipinski definition) is 2. The van der Waals surface area contributed by atoms with Crippen molar-refractivity contribution in [2.75, 3.05) is 0 Å². The van der Waals surface area contributed by atoms with E-state index in [0.29, 0.717) is 12.1 Å². The maximum absolute atomic E-state index is 4.39. The van der Waals surface area contributed by atoms with Crippen LogP contribution in [0.2, 0.25) is 0 Å². The number of H-pyrrole nitrogens is 1. The highest BCUT2D eigenvalue weighted by Gasteiger charge is 2.25. The van der Waals surface area contributed by atoms with Crippen molar-refractivity contribution in [3.05, 3.63) is 89.7 Å². The van der Waals surface area contributed by atoms with Gasteiger partial charge in [0.05, 0.1) is 11.7 Å². The highest BCUT2D eigenvalue weighted by Crippen LogP contribution is 2.38. The molecule has 0 fully saturated rings. The molecule has 0 bridgehead atoms. The van der Waals surface area contributed by atoms with E-state index >= 15 is 0 Å². The Morgan fingerprint density at radius 2 is 1.84 bits per heavy atom. The van der Waals surface area contributed by atoms with Crippen molar-refractivity contribution in [1.29, 1.82) is 0 Å².